The predicted octanol–water partition coefficient (Wildman–Crippen LogP) is 2.24. The summed E-state index contributed by atoms with van der Waals surface area (Å²) in [6.45, 7) is 2.53. The summed E-state index contributed by atoms with van der Waals surface area (Å²) in [6.07, 6.45) is 4.66. The standard InChI is InChI=1S/C15H15N3O2/c1-2-20-14-7-3-5-12(9-14)10-17-18-15(19)13-6-4-8-16-11-13/h3-11H,2H2,1H3,(H,18,19)/b17-10+. The van der Waals surface area contributed by atoms with Crippen LogP contribution in [0, 0.1) is 0 Å². The SMILES string of the molecule is CCOc1cccc(/C=N/NC(=O)c2cccnc2)c1. The number of ether oxygens (including phenoxy) is 1. The number of hydrazone groups is 1. The number of hydrogen-bond acceptors (Lipinski definition) is 4. The van der Waals surface area contributed by atoms with E-state index in [1.807, 2.05) is 31.2 Å². The van der Waals surface area contributed by atoms with E-state index in [9.17, 15) is 4.79 Å². The van der Waals surface area contributed by atoms with Crippen molar-refractivity contribution in [3.8, 4) is 5.75 Å². The normalized spacial score (nSPS) is 10.4. The molecule has 1 heterocycles. The van der Waals surface area contributed by atoms with Gasteiger partial charge in [-0.05, 0) is 36.8 Å². The Morgan fingerprint density at radius 3 is 3.05 bits per heavy atom. The molecule has 0 radical (unpaired) electrons. The number of carbonyl (C=O) groups excluding carboxylic acids is 1. The van der Waals surface area contributed by atoms with Crippen molar-refractivity contribution in [1.82, 2.24) is 10.4 Å². The molecule has 102 valence electrons. The number of amides is 1. The van der Waals surface area contributed by atoms with Gasteiger partial charge in [-0.15, -0.1) is 0 Å². The lowest BCUT2D eigenvalue weighted by molar-refractivity contribution is 0.0955. The molecule has 0 aliphatic carbocycles. The first-order valence-corrected chi connectivity index (χ1v) is 6.26. The van der Waals surface area contributed by atoms with Gasteiger partial charge in [-0.25, -0.2) is 5.43 Å². The van der Waals surface area contributed by atoms with Gasteiger partial charge in [0.25, 0.3) is 5.91 Å². The summed E-state index contributed by atoms with van der Waals surface area (Å²) in [5.41, 5.74) is 3.76. The lowest BCUT2D eigenvalue weighted by Gasteiger charge is -2.03. The van der Waals surface area contributed by atoms with Crippen molar-refractivity contribution in [3.63, 3.8) is 0 Å². The van der Waals surface area contributed by atoms with Crippen LogP contribution in [0.1, 0.15) is 22.8 Å². The maximum Gasteiger partial charge on any atom is 0.272 e. The molecule has 5 nitrogen and oxygen atoms in total. The van der Waals surface area contributed by atoms with Crippen molar-refractivity contribution in [2.45, 2.75) is 6.92 Å². The van der Waals surface area contributed by atoms with Gasteiger partial charge in [0.05, 0.1) is 18.4 Å². The van der Waals surface area contributed by atoms with Crippen LogP contribution in [0.5, 0.6) is 5.75 Å². The first-order valence-electron chi connectivity index (χ1n) is 6.26. The van der Waals surface area contributed by atoms with Crippen molar-refractivity contribution in [2.24, 2.45) is 5.10 Å². The number of nitrogens with one attached hydrogen (secondary N) is 1. The van der Waals surface area contributed by atoms with Crippen molar-refractivity contribution in [3.05, 3.63) is 59.9 Å². The largest absolute Gasteiger partial charge is 0.494 e. The monoisotopic (exact) mass is 269 g/mol. The first-order chi connectivity index (χ1) is 9.79. The highest BCUT2D eigenvalue weighted by Gasteiger charge is 2.02. The summed E-state index contributed by atoms with van der Waals surface area (Å²) in [5.74, 6) is 0.477. The van der Waals surface area contributed by atoms with E-state index in [0.717, 1.165) is 11.3 Å². The van der Waals surface area contributed by atoms with E-state index in [-0.39, 0.29) is 5.91 Å². The third-order valence-corrected chi connectivity index (χ3v) is 2.47. The maximum atomic E-state index is 11.7. The maximum absolute atomic E-state index is 11.7. The fraction of sp³-hybridized carbons (Fsp3) is 0.133. The van der Waals surface area contributed by atoms with Gasteiger partial charge < -0.3 is 4.74 Å². The molecule has 0 spiro atoms. The van der Waals surface area contributed by atoms with Gasteiger partial charge in [-0.3, -0.25) is 9.78 Å². The van der Waals surface area contributed by atoms with Gasteiger partial charge in [0.15, 0.2) is 0 Å². The lowest BCUT2D eigenvalue weighted by Crippen LogP contribution is -2.17. The fourth-order valence-electron chi connectivity index (χ4n) is 1.58. The number of pyridine rings is 1. The second-order valence-electron chi connectivity index (χ2n) is 3.95. The Morgan fingerprint density at radius 2 is 2.30 bits per heavy atom. The van der Waals surface area contributed by atoms with E-state index in [4.69, 9.17) is 4.74 Å². The van der Waals surface area contributed by atoms with E-state index in [1.54, 1.807) is 24.5 Å². The van der Waals surface area contributed by atoms with Crippen molar-refractivity contribution >= 4 is 12.1 Å². The molecule has 2 aromatic rings. The molecule has 0 unspecified atom stereocenters. The van der Waals surface area contributed by atoms with Crippen LogP contribution in [0.15, 0.2) is 53.9 Å². The zero-order valence-electron chi connectivity index (χ0n) is 11.1. The smallest absolute Gasteiger partial charge is 0.272 e. The topological polar surface area (TPSA) is 63.6 Å². The number of nitrogens with zero attached hydrogens (tertiary/aromatic N) is 2. The fourth-order valence-corrected chi connectivity index (χ4v) is 1.58. The Balaban J connectivity index is 1.96. The molecule has 0 fully saturated rings. The van der Waals surface area contributed by atoms with E-state index in [0.29, 0.717) is 12.2 Å². The zero-order chi connectivity index (χ0) is 14.2. The molecular weight excluding hydrogens is 254 g/mol. The minimum atomic E-state index is -0.296. The average Bonchev–Trinajstić information content (AvgIpc) is 2.49. The van der Waals surface area contributed by atoms with Gasteiger partial charge >= 0.3 is 0 Å². The van der Waals surface area contributed by atoms with Crippen LogP contribution in [0.2, 0.25) is 0 Å². The number of carbonyl (C=O) groups is 1. The highest BCUT2D eigenvalue weighted by molar-refractivity contribution is 5.94. The Morgan fingerprint density at radius 1 is 1.40 bits per heavy atom. The second-order valence-corrected chi connectivity index (χ2v) is 3.95. The van der Waals surface area contributed by atoms with Crippen molar-refractivity contribution in [1.29, 1.82) is 0 Å². The second kappa shape index (κ2) is 7.04. The van der Waals surface area contributed by atoms with E-state index in [1.165, 1.54) is 6.20 Å². The Hall–Kier alpha value is -2.69. The molecule has 1 aromatic heterocycles. The van der Waals surface area contributed by atoms with Crippen molar-refractivity contribution < 1.29 is 9.53 Å². The number of aromatic nitrogens is 1. The van der Waals surface area contributed by atoms with Crippen LogP contribution >= 0.6 is 0 Å². The Labute approximate surface area is 117 Å². The minimum Gasteiger partial charge on any atom is -0.494 e. The molecule has 1 amide bonds. The highest BCUT2D eigenvalue weighted by atomic mass is 16.5. The van der Waals surface area contributed by atoms with Crippen LogP contribution < -0.4 is 10.2 Å². The molecule has 20 heavy (non-hydrogen) atoms. The Kier molecular flexibility index (Phi) is 4.83. The van der Waals surface area contributed by atoms with Crippen molar-refractivity contribution in [2.75, 3.05) is 6.61 Å². The molecule has 2 rings (SSSR count). The third-order valence-electron chi connectivity index (χ3n) is 2.47. The molecular formula is C15H15N3O2. The molecule has 0 atom stereocenters. The van der Waals surface area contributed by atoms with Gasteiger partial charge in [0.1, 0.15) is 5.75 Å². The number of benzene rings is 1. The molecule has 0 bridgehead atoms. The molecule has 0 saturated carbocycles. The summed E-state index contributed by atoms with van der Waals surface area (Å²) < 4.78 is 5.39. The predicted molar refractivity (Wildman–Crippen MR) is 76.9 cm³/mol. The first kappa shape index (κ1) is 13.7. The van der Waals surface area contributed by atoms with E-state index >= 15 is 0 Å². The molecule has 0 aliphatic rings. The molecule has 1 aromatic carbocycles. The van der Waals surface area contributed by atoms with Gasteiger partial charge in [-0.2, -0.15) is 5.10 Å². The average molecular weight is 269 g/mol. The Bertz CT molecular complexity index is 597. The zero-order valence-corrected chi connectivity index (χ0v) is 11.1. The van der Waals surface area contributed by atoms with Crippen LogP contribution in [-0.2, 0) is 0 Å². The summed E-state index contributed by atoms with van der Waals surface area (Å²) >= 11 is 0. The van der Waals surface area contributed by atoms with Gasteiger partial charge in [0.2, 0.25) is 0 Å². The summed E-state index contributed by atoms with van der Waals surface area (Å²) in [5, 5.41) is 3.91. The molecule has 1 N–H and O–H groups in total. The third kappa shape index (κ3) is 3.91. The van der Waals surface area contributed by atoms with Crippen LogP contribution in [-0.4, -0.2) is 23.7 Å². The minimum absolute atomic E-state index is 0.296. The van der Waals surface area contributed by atoms with E-state index < -0.39 is 0 Å². The quantitative estimate of drug-likeness (QED) is 0.669. The molecule has 0 saturated heterocycles. The molecule has 0 aliphatic heterocycles. The molecule has 5 heteroatoms. The van der Waals surface area contributed by atoms with Crippen LogP contribution in [0.25, 0.3) is 0 Å². The van der Waals surface area contributed by atoms with Crippen LogP contribution in [0.4, 0.5) is 0 Å². The summed E-state index contributed by atoms with van der Waals surface area (Å²) in [7, 11) is 0. The van der Waals surface area contributed by atoms with Gasteiger partial charge in [-0.1, -0.05) is 12.1 Å². The van der Waals surface area contributed by atoms with E-state index in [2.05, 4.69) is 15.5 Å². The number of hydrogen-bond donors (Lipinski definition) is 1. The number of rotatable bonds is 5. The lowest BCUT2D eigenvalue weighted by atomic mass is 10.2. The summed E-state index contributed by atoms with van der Waals surface area (Å²) in [4.78, 5) is 15.6. The highest BCUT2D eigenvalue weighted by Crippen LogP contribution is 2.11. The van der Waals surface area contributed by atoms with Gasteiger partial charge in [0, 0.05) is 12.4 Å². The summed E-state index contributed by atoms with van der Waals surface area (Å²) in [6, 6.07) is 10.8. The van der Waals surface area contributed by atoms with Crippen LogP contribution in [0.3, 0.4) is 0 Å².